The first-order valence-corrected chi connectivity index (χ1v) is 7.96. The molecule has 1 aliphatic carbocycles. The summed E-state index contributed by atoms with van der Waals surface area (Å²) in [7, 11) is 1.33. The summed E-state index contributed by atoms with van der Waals surface area (Å²) in [5.41, 5.74) is 4.49. The van der Waals surface area contributed by atoms with Crippen molar-refractivity contribution in [2.24, 2.45) is 0 Å². The standard InChI is InChI=1S/C21H15N3O2/c1-26-21(25)15-6-9-17(10-7-15)24-19-11-8-14-4-2-3-5-18(14)20(19)16(12-22)13-23/h2-7,9-11,24H,8H2,1H3. The van der Waals surface area contributed by atoms with Crippen molar-refractivity contribution in [1.29, 1.82) is 10.5 Å². The van der Waals surface area contributed by atoms with Gasteiger partial charge >= 0.3 is 5.97 Å². The molecule has 1 N–H and O–H groups in total. The van der Waals surface area contributed by atoms with E-state index in [4.69, 9.17) is 4.74 Å². The van der Waals surface area contributed by atoms with Gasteiger partial charge in [-0.05, 0) is 41.8 Å². The number of ether oxygens (including phenoxy) is 1. The molecule has 3 rings (SSSR count). The molecule has 0 atom stereocenters. The van der Waals surface area contributed by atoms with Crippen LogP contribution >= 0.6 is 0 Å². The van der Waals surface area contributed by atoms with Crippen molar-refractivity contribution in [2.75, 3.05) is 12.4 Å². The average molecular weight is 341 g/mol. The SMILES string of the molecule is COC(=O)c1ccc(NC2=CCc3ccccc3C2=C(C#N)C#N)cc1. The van der Waals surface area contributed by atoms with Crippen LogP contribution in [0.4, 0.5) is 5.69 Å². The molecule has 126 valence electrons. The first-order valence-electron chi connectivity index (χ1n) is 7.96. The molecule has 26 heavy (non-hydrogen) atoms. The third kappa shape index (κ3) is 3.19. The molecule has 0 unspecified atom stereocenters. The number of carbonyl (C=O) groups is 1. The Morgan fingerprint density at radius 3 is 2.42 bits per heavy atom. The van der Waals surface area contributed by atoms with Crippen molar-refractivity contribution in [3.63, 3.8) is 0 Å². The lowest BCUT2D eigenvalue weighted by Crippen LogP contribution is -2.11. The van der Waals surface area contributed by atoms with Crippen LogP contribution in [0.2, 0.25) is 0 Å². The first-order chi connectivity index (χ1) is 12.7. The fraction of sp³-hybridized carbons (Fsp3) is 0.0952. The Morgan fingerprint density at radius 1 is 1.08 bits per heavy atom. The Morgan fingerprint density at radius 2 is 1.77 bits per heavy atom. The van der Waals surface area contributed by atoms with Crippen molar-refractivity contribution < 1.29 is 9.53 Å². The van der Waals surface area contributed by atoms with Gasteiger partial charge in [0.05, 0.1) is 12.7 Å². The van der Waals surface area contributed by atoms with E-state index in [0.717, 1.165) is 16.8 Å². The van der Waals surface area contributed by atoms with Gasteiger partial charge in [0.2, 0.25) is 0 Å². The number of hydrogen-bond acceptors (Lipinski definition) is 5. The van der Waals surface area contributed by atoms with Crippen LogP contribution < -0.4 is 5.32 Å². The maximum absolute atomic E-state index is 11.5. The summed E-state index contributed by atoms with van der Waals surface area (Å²) in [5, 5.41) is 22.0. The second kappa shape index (κ2) is 7.38. The summed E-state index contributed by atoms with van der Waals surface area (Å²) in [6.07, 6.45) is 2.66. The van der Waals surface area contributed by atoms with Gasteiger partial charge < -0.3 is 10.1 Å². The van der Waals surface area contributed by atoms with E-state index < -0.39 is 5.97 Å². The molecular formula is C21H15N3O2. The minimum atomic E-state index is -0.404. The van der Waals surface area contributed by atoms with Crippen LogP contribution in [0.15, 0.2) is 65.9 Å². The maximum Gasteiger partial charge on any atom is 0.337 e. The zero-order chi connectivity index (χ0) is 18.5. The summed E-state index contributed by atoms with van der Waals surface area (Å²) >= 11 is 0. The largest absolute Gasteiger partial charge is 0.465 e. The monoisotopic (exact) mass is 341 g/mol. The van der Waals surface area contributed by atoms with E-state index in [2.05, 4.69) is 5.32 Å². The van der Waals surface area contributed by atoms with Gasteiger partial charge in [-0.15, -0.1) is 0 Å². The number of nitrogens with zero attached hydrogens (tertiary/aromatic N) is 2. The highest BCUT2D eigenvalue weighted by molar-refractivity contribution is 5.92. The number of allylic oxidation sites excluding steroid dienone is 3. The normalized spacial score (nSPS) is 12.1. The number of nitriles is 2. The molecule has 1 aliphatic rings. The summed E-state index contributed by atoms with van der Waals surface area (Å²) in [4.78, 5) is 11.5. The van der Waals surface area contributed by atoms with Crippen LogP contribution in [0.3, 0.4) is 0 Å². The third-order valence-corrected chi connectivity index (χ3v) is 4.14. The molecule has 0 saturated carbocycles. The van der Waals surface area contributed by atoms with Crippen molar-refractivity contribution in [2.45, 2.75) is 6.42 Å². The van der Waals surface area contributed by atoms with Crippen molar-refractivity contribution >= 4 is 17.2 Å². The van der Waals surface area contributed by atoms with E-state index in [-0.39, 0.29) is 5.57 Å². The summed E-state index contributed by atoms with van der Waals surface area (Å²) in [5.74, 6) is -0.404. The molecule has 0 heterocycles. The van der Waals surface area contributed by atoms with Crippen LogP contribution in [0, 0.1) is 22.7 Å². The summed E-state index contributed by atoms with van der Waals surface area (Å²) < 4.78 is 4.69. The Labute approximate surface area is 151 Å². The molecule has 0 radical (unpaired) electrons. The van der Waals surface area contributed by atoms with Gasteiger partial charge in [-0.2, -0.15) is 10.5 Å². The second-order valence-electron chi connectivity index (χ2n) is 5.65. The minimum Gasteiger partial charge on any atom is -0.465 e. The Balaban J connectivity index is 1.98. The predicted octanol–water partition coefficient (Wildman–Crippen LogP) is 3.83. The molecule has 5 heteroatoms. The van der Waals surface area contributed by atoms with Crippen molar-refractivity contribution in [3.8, 4) is 12.1 Å². The molecule has 0 amide bonds. The summed E-state index contributed by atoms with van der Waals surface area (Å²) in [6, 6.07) is 18.5. The number of fused-ring (bicyclic) bond motifs is 1. The van der Waals surface area contributed by atoms with Gasteiger partial charge in [0.15, 0.2) is 0 Å². The lowest BCUT2D eigenvalue weighted by Gasteiger charge is -2.22. The Kier molecular flexibility index (Phi) is 4.83. The van der Waals surface area contributed by atoms with Gasteiger partial charge in [-0.3, -0.25) is 0 Å². The summed E-state index contributed by atoms with van der Waals surface area (Å²) in [6.45, 7) is 0. The first kappa shape index (κ1) is 17.0. The molecule has 2 aromatic rings. The molecule has 0 spiro atoms. The molecule has 0 fully saturated rings. The molecular weight excluding hydrogens is 326 g/mol. The van der Waals surface area contributed by atoms with Gasteiger partial charge in [0.1, 0.15) is 17.7 Å². The highest BCUT2D eigenvalue weighted by atomic mass is 16.5. The van der Waals surface area contributed by atoms with Gasteiger partial charge in [-0.25, -0.2) is 4.79 Å². The topological polar surface area (TPSA) is 85.9 Å². The zero-order valence-corrected chi connectivity index (χ0v) is 14.1. The number of methoxy groups -OCH3 is 1. The van der Waals surface area contributed by atoms with Gasteiger partial charge in [0.25, 0.3) is 0 Å². The van der Waals surface area contributed by atoms with Crippen LogP contribution in [-0.4, -0.2) is 13.1 Å². The molecule has 2 aromatic carbocycles. The number of esters is 1. The maximum atomic E-state index is 11.5. The average Bonchev–Trinajstić information content (AvgIpc) is 2.70. The number of benzene rings is 2. The Hall–Kier alpha value is -3.83. The van der Waals surface area contributed by atoms with E-state index in [1.165, 1.54) is 7.11 Å². The number of rotatable bonds is 3. The number of carbonyl (C=O) groups excluding carboxylic acids is 1. The molecule has 5 nitrogen and oxygen atoms in total. The van der Waals surface area contributed by atoms with E-state index in [0.29, 0.717) is 23.3 Å². The van der Waals surface area contributed by atoms with Crippen LogP contribution in [0.25, 0.3) is 5.57 Å². The highest BCUT2D eigenvalue weighted by Gasteiger charge is 2.21. The zero-order valence-electron chi connectivity index (χ0n) is 14.1. The van der Waals surface area contributed by atoms with Crippen LogP contribution in [-0.2, 0) is 11.2 Å². The van der Waals surface area contributed by atoms with Gasteiger partial charge in [0, 0.05) is 17.0 Å². The number of hydrogen-bond donors (Lipinski definition) is 1. The van der Waals surface area contributed by atoms with Crippen molar-refractivity contribution in [3.05, 3.63) is 82.6 Å². The van der Waals surface area contributed by atoms with E-state index >= 15 is 0 Å². The highest BCUT2D eigenvalue weighted by Crippen LogP contribution is 2.34. The fourth-order valence-corrected chi connectivity index (χ4v) is 2.88. The molecule has 0 aliphatic heterocycles. The molecule has 0 bridgehead atoms. The van der Waals surface area contributed by atoms with E-state index in [1.54, 1.807) is 24.3 Å². The third-order valence-electron chi connectivity index (χ3n) is 4.14. The second-order valence-corrected chi connectivity index (χ2v) is 5.65. The predicted molar refractivity (Wildman–Crippen MR) is 97.8 cm³/mol. The van der Waals surface area contributed by atoms with E-state index in [1.807, 2.05) is 42.5 Å². The number of nitrogens with one attached hydrogen (secondary N) is 1. The van der Waals surface area contributed by atoms with E-state index in [9.17, 15) is 15.3 Å². The van der Waals surface area contributed by atoms with Crippen molar-refractivity contribution in [1.82, 2.24) is 0 Å². The lowest BCUT2D eigenvalue weighted by molar-refractivity contribution is 0.0601. The fourth-order valence-electron chi connectivity index (χ4n) is 2.88. The quantitative estimate of drug-likeness (QED) is 0.677. The smallest absolute Gasteiger partial charge is 0.337 e. The molecule has 0 saturated heterocycles. The minimum absolute atomic E-state index is 0.0575. The van der Waals surface area contributed by atoms with Crippen LogP contribution in [0.5, 0.6) is 0 Å². The van der Waals surface area contributed by atoms with Crippen LogP contribution in [0.1, 0.15) is 21.5 Å². The Bertz CT molecular complexity index is 987. The molecule has 0 aromatic heterocycles. The van der Waals surface area contributed by atoms with Gasteiger partial charge in [-0.1, -0.05) is 30.3 Å². The number of anilines is 1. The lowest BCUT2D eigenvalue weighted by atomic mass is 9.87.